The van der Waals surface area contributed by atoms with Crippen molar-refractivity contribution in [2.24, 2.45) is 11.3 Å². The fourth-order valence-corrected chi connectivity index (χ4v) is 3.27. The van der Waals surface area contributed by atoms with Crippen LogP contribution >= 0.6 is 0 Å². The van der Waals surface area contributed by atoms with Gasteiger partial charge in [-0.1, -0.05) is 39.0 Å². The van der Waals surface area contributed by atoms with Gasteiger partial charge in [0.25, 0.3) is 0 Å². The number of amides is 2. The molecule has 0 aromatic heterocycles. The van der Waals surface area contributed by atoms with Gasteiger partial charge in [0.15, 0.2) is 0 Å². The van der Waals surface area contributed by atoms with Crippen LogP contribution in [0.3, 0.4) is 0 Å². The Morgan fingerprint density at radius 2 is 1.81 bits per heavy atom. The van der Waals surface area contributed by atoms with E-state index in [9.17, 15) is 19.7 Å². The van der Waals surface area contributed by atoms with Crippen molar-refractivity contribution in [3.8, 4) is 0 Å². The van der Waals surface area contributed by atoms with Crippen molar-refractivity contribution in [3.63, 3.8) is 0 Å². The number of carbonyl (C=O) groups is 2. The molecular weight excluding hydrogens is 336 g/mol. The highest BCUT2D eigenvalue weighted by molar-refractivity contribution is 6.19. The van der Waals surface area contributed by atoms with Crippen LogP contribution in [0.1, 0.15) is 53.0 Å². The molecular formula is C19H26N2O5. The molecule has 1 aromatic carbocycles. The van der Waals surface area contributed by atoms with Gasteiger partial charge in [0.2, 0.25) is 12.5 Å². The number of imide groups is 1. The lowest BCUT2D eigenvalue weighted by Gasteiger charge is -2.32. The molecule has 0 saturated heterocycles. The molecule has 0 unspecified atom stereocenters. The average molecular weight is 362 g/mol. The van der Waals surface area contributed by atoms with Crippen LogP contribution in [0, 0.1) is 21.4 Å². The molecule has 0 radical (unpaired) electrons. The molecule has 1 aliphatic heterocycles. The standard InChI is InChI=1S/C19H26N2O5/c1-18(2,3)13(11-20(24)25)15-12-9-7-8-10-14(12)21(16(15)22)17(23)26-19(4,5)6/h7-10,13,15H,11H2,1-6H3/t13-,15+/m0/s1. The van der Waals surface area contributed by atoms with Crippen molar-refractivity contribution >= 4 is 17.7 Å². The molecule has 0 fully saturated rings. The summed E-state index contributed by atoms with van der Waals surface area (Å²) in [6.45, 7) is 10.4. The van der Waals surface area contributed by atoms with Crippen molar-refractivity contribution in [2.45, 2.75) is 53.1 Å². The van der Waals surface area contributed by atoms with E-state index in [0.29, 0.717) is 11.3 Å². The van der Waals surface area contributed by atoms with Gasteiger partial charge in [0.05, 0.1) is 11.6 Å². The maximum Gasteiger partial charge on any atom is 0.421 e. The molecule has 0 aliphatic carbocycles. The Bertz CT molecular complexity index is 730. The van der Waals surface area contributed by atoms with Crippen LogP contribution in [0.2, 0.25) is 0 Å². The topological polar surface area (TPSA) is 89.8 Å². The van der Waals surface area contributed by atoms with E-state index in [1.165, 1.54) is 0 Å². The third-order valence-corrected chi connectivity index (χ3v) is 4.44. The van der Waals surface area contributed by atoms with Gasteiger partial charge in [-0.15, -0.1) is 0 Å². The molecule has 26 heavy (non-hydrogen) atoms. The van der Waals surface area contributed by atoms with Crippen LogP contribution in [0.4, 0.5) is 10.5 Å². The summed E-state index contributed by atoms with van der Waals surface area (Å²) >= 11 is 0. The summed E-state index contributed by atoms with van der Waals surface area (Å²) in [4.78, 5) is 37.6. The van der Waals surface area contributed by atoms with E-state index in [1.807, 2.05) is 20.8 Å². The zero-order chi connectivity index (χ0) is 19.9. The van der Waals surface area contributed by atoms with Crippen molar-refractivity contribution in [1.29, 1.82) is 0 Å². The maximum absolute atomic E-state index is 13.2. The number of rotatable bonds is 3. The molecule has 1 aliphatic rings. The lowest BCUT2D eigenvalue weighted by Crippen LogP contribution is -2.43. The lowest BCUT2D eigenvalue weighted by molar-refractivity contribution is -0.492. The first-order valence-electron chi connectivity index (χ1n) is 8.60. The minimum atomic E-state index is -0.760. The fourth-order valence-electron chi connectivity index (χ4n) is 3.27. The van der Waals surface area contributed by atoms with E-state index in [0.717, 1.165) is 4.90 Å². The first-order chi connectivity index (χ1) is 11.8. The van der Waals surface area contributed by atoms with Crippen LogP contribution in [0.15, 0.2) is 24.3 Å². The molecule has 2 atom stereocenters. The summed E-state index contributed by atoms with van der Waals surface area (Å²) in [6, 6.07) is 6.92. The van der Waals surface area contributed by atoms with Crippen molar-refractivity contribution < 1.29 is 19.2 Å². The maximum atomic E-state index is 13.2. The van der Waals surface area contributed by atoms with Gasteiger partial charge in [0, 0.05) is 10.8 Å². The fraction of sp³-hybridized carbons (Fsp3) is 0.579. The number of fused-ring (bicyclic) bond motifs is 1. The van der Waals surface area contributed by atoms with Gasteiger partial charge >= 0.3 is 6.09 Å². The number of ether oxygens (including phenoxy) is 1. The molecule has 0 saturated carbocycles. The third-order valence-electron chi connectivity index (χ3n) is 4.44. The zero-order valence-electron chi connectivity index (χ0n) is 16.1. The molecule has 142 valence electrons. The summed E-state index contributed by atoms with van der Waals surface area (Å²) in [5, 5.41) is 11.2. The van der Waals surface area contributed by atoms with Crippen LogP contribution in [-0.4, -0.2) is 29.1 Å². The van der Waals surface area contributed by atoms with Gasteiger partial charge in [-0.25, -0.2) is 9.69 Å². The Morgan fingerprint density at radius 1 is 1.23 bits per heavy atom. The lowest BCUT2D eigenvalue weighted by atomic mass is 9.71. The summed E-state index contributed by atoms with van der Waals surface area (Å²) in [5.41, 5.74) is -0.182. The van der Waals surface area contributed by atoms with Gasteiger partial charge in [-0.3, -0.25) is 14.9 Å². The number of nitro groups is 1. The number of anilines is 1. The number of para-hydroxylation sites is 1. The van der Waals surface area contributed by atoms with Crippen LogP contribution in [0.5, 0.6) is 0 Å². The number of hydrogen-bond acceptors (Lipinski definition) is 5. The minimum absolute atomic E-state index is 0.351. The highest BCUT2D eigenvalue weighted by Crippen LogP contribution is 2.47. The SMILES string of the molecule is CC(C)(C)OC(=O)N1C(=O)[C@@H]([C@H](C[N+](=O)[O-])C(C)(C)C)c2ccccc21. The van der Waals surface area contributed by atoms with E-state index in [4.69, 9.17) is 4.74 Å². The molecule has 2 amide bonds. The van der Waals surface area contributed by atoms with Crippen molar-refractivity contribution in [3.05, 3.63) is 39.9 Å². The van der Waals surface area contributed by atoms with E-state index >= 15 is 0 Å². The van der Waals surface area contributed by atoms with E-state index in [-0.39, 0.29) is 6.54 Å². The molecule has 0 bridgehead atoms. The van der Waals surface area contributed by atoms with Crippen LogP contribution < -0.4 is 4.90 Å². The number of benzene rings is 1. The van der Waals surface area contributed by atoms with Crippen LogP contribution in [-0.2, 0) is 9.53 Å². The Hall–Kier alpha value is -2.44. The van der Waals surface area contributed by atoms with Crippen molar-refractivity contribution in [2.75, 3.05) is 11.4 Å². The quantitative estimate of drug-likeness (QED) is 0.599. The molecule has 2 rings (SSSR count). The predicted octanol–water partition coefficient (Wildman–Crippen LogP) is 3.99. The van der Waals surface area contributed by atoms with E-state index in [1.54, 1.807) is 45.0 Å². The smallest absolute Gasteiger partial charge is 0.421 e. The molecule has 1 aromatic rings. The third kappa shape index (κ3) is 4.03. The summed E-state index contributed by atoms with van der Waals surface area (Å²) in [7, 11) is 0. The largest absolute Gasteiger partial charge is 0.443 e. The van der Waals surface area contributed by atoms with Crippen LogP contribution in [0.25, 0.3) is 0 Å². The minimum Gasteiger partial charge on any atom is -0.443 e. The summed E-state index contributed by atoms with van der Waals surface area (Å²) < 4.78 is 5.38. The normalized spacial score (nSPS) is 18.5. The monoisotopic (exact) mass is 362 g/mol. The van der Waals surface area contributed by atoms with E-state index in [2.05, 4.69) is 0 Å². The predicted molar refractivity (Wildman–Crippen MR) is 97.7 cm³/mol. The van der Waals surface area contributed by atoms with Gasteiger partial charge < -0.3 is 4.74 Å². The Morgan fingerprint density at radius 3 is 2.31 bits per heavy atom. The Labute approximate surface area is 153 Å². The molecule has 0 spiro atoms. The zero-order valence-corrected chi connectivity index (χ0v) is 16.1. The Kier molecular flexibility index (Phi) is 5.12. The number of nitrogens with zero attached hydrogens (tertiary/aromatic N) is 2. The second-order valence-corrected chi connectivity index (χ2v) is 8.68. The summed E-state index contributed by atoms with van der Waals surface area (Å²) in [5.74, 6) is -1.79. The Balaban J connectivity index is 2.51. The number of carbonyl (C=O) groups excluding carboxylic acids is 2. The molecule has 7 nitrogen and oxygen atoms in total. The second kappa shape index (κ2) is 6.70. The van der Waals surface area contributed by atoms with Gasteiger partial charge in [-0.2, -0.15) is 0 Å². The van der Waals surface area contributed by atoms with Crippen molar-refractivity contribution in [1.82, 2.24) is 0 Å². The first-order valence-corrected chi connectivity index (χ1v) is 8.60. The molecule has 7 heteroatoms. The summed E-state index contributed by atoms with van der Waals surface area (Å²) in [6.07, 6.45) is -0.758. The highest BCUT2D eigenvalue weighted by atomic mass is 16.6. The number of hydrogen-bond donors (Lipinski definition) is 0. The first kappa shape index (κ1) is 19.9. The second-order valence-electron chi connectivity index (χ2n) is 8.68. The average Bonchev–Trinajstić information content (AvgIpc) is 2.73. The van der Waals surface area contributed by atoms with E-state index < -0.39 is 39.8 Å². The molecule has 0 N–H and O–H groups in total. The van der Waals surface area contributed by atoms with Gasteiger partial charge in [0.1, 0.15) is 5.60 Å². The highest BCUT2D eigenvalue weighted by Gasteiger charge is 2.50. The molecule has 1 heterocycles. The van der Waals surface area contributed by atoms with Gasteiger partial charge in [-0.05, 0) is 37.8 Å².